The Labute approximate surface area is 139 Å². The highest BCUT2D eigenvalue weighted by molar-refractivity contribution is 5.86. The lowest BCUT2D eigenvalue weighted by atomic mass is 9.77. The van der Waals surface area contributed by atoms with Gasteiger partial charge in [0.25, 0.3) is 0 Å². The fourth-order valence-electron chi connectivity index (χ4n) is 4.73. The summed E-state index contributed by atoms with van der Waals surface area (Å²) in [4.78, 5) is 29.3. The Morgan fingerprint density at radius 1 is 1.17 bits per heavy atom. The van der Waals surface area contributed by atoms with E-state index in [0.29, 0.717) is 24.9 Å². The summed E-state index contributed by atoms with van der Waals surface area (Å²) in [7, 11) is 1.79. The molecule has 1 atom stereocenters. The first kappa shape index (κ1) is 16.7. The number of piperidine rings is 1. The minimum Gasteiger partial charge on any atom is -0.342 e. The molecular formula is C18H31N3O2. The van der Waals surface area contributed by atoms with Gasteiger partial charge < -0.3 is 15.1 Å². The van der Waals surface area contributed by atoms with E-state index in [4.69, 9.17) is 0 Å². The van der Waals surface area contributed by atoms with Gasteiger partial charge in [-0.25, -0.2) is 0 Å². The van der Waals surface area contributed by atoms with Gasteiger partial charge in [-0.3, -0.25) is 9.59 Å². The van der Waals surface area contributed by atoms with Crippen molar-refractivity contribution < 1.29 is 9.59 Å². The average Bonchev–Trinajstić information content (AvgIpc) is 2.99. The molecule has 1 aliphatic carbocycles. The summed E-state index contributed by atoms with van der Waals surface area (Å²) in [6.07, 6.45) is 9.46. The zero-order valence-electron chi connectivity index (χ0n) is 14.5. The van der Waals surface area contributed by atoms with Crippen molar-refractivity contribution in [2.45, 2.75) is 51.4 Å². The first-order valence-electron chi connectivity index (χ1n) is 9.36. The second-order valence-electron chi connectivity index (χ2n) is 7.73. The maximum Gasteiger partial charge on any atom is 0.236 e. The molecule has 3 aliphatic rings. The van der Waals surface area contributed by atoms with E-state index in [1.807, 2.05) is 4.90 Å². The standard InChI is InChI=1S/C18H31N3O2/c1-19-12-16(22)21-11-9-18(14-21)8-5-10-20(17(18)23)13-15-6-3-2-4-7-15/h15,19H,2-14H2,1H3/t18-/m0/s1. The lowest BCUT2D eigenvalue weighted by molar-refractivity contribution is -0.147. The molecule has 2 heterocycles. The predicted molar refractivity (Wildman–Crippen MR) is 89.9 cm³/mol. The van der Waals surface area contributed by atoms with Crippen LogP contribution in [0.25, 0.3) is 0 Å². The van der Waals surface area contributed by atoms with Crippen molar-refractivity contribution in [3.63, 3.8) is 0 Å². The van der Waals surface area contributed by atoms with E-state index >= 15 is 0 Å². The van der Waals surface area contributed by atoms with E-state index < -0.39 is 0 Å². The van der Waals surface area contributed by atoms with Crippen molar-refractivity contribution in [1.82, 2.24) is 15.1 Å². The number of hydrogen-bond acceptors (Lipinski definition) is 3. The molecule has 1 N–H and O–H groups in total. The van der Waals surface area contributed by atoms with Crippen LogP contribution in [-0.2, 0) is 9.59 Å². The van der Waals surface area contributed by atoms with Gasteiger partial charge in [0, 0.05) is 26.2 Å². The maximum atomic E-state index is 13.1. The van der Waals surface area contributed by atoms with Gasteiger partial charge in [0.2, 0.25) is 11.8 Å². The number of amides is 2. The van der Waals surface area contributed by atoms with Gasteiger partial charge in [-0.05, 0) is 45.1 Å². The number of likely N-dealkylation sites (tertiary alicyclic amines) is 2. The zero-order chi connectivity index (χ0) is 16.3. The Kier molecular flexibility index (Phi) is 5.24. The van der Waals surface area contributed by atoms with Gasteiger partial charge in [-0.15, -0.1) is 0 Å². The summed E-state index contributed by atoms with van der Waals surface area (Å²) >= 11 is 0. The Morgan fingerprint density at radius 3 is 2.70 bits per heavy atom. The Bertz CT molecular complexity index is 448. The minimum absolute atomic E-state index is 0.126. The van der Waals surface area contributed by atoms with Crippen molar-refractivity contribution >= 4 is 11.8 Å². The van der Waals surface area contributed by atoms with Crippen LogP contribution < -0.4 is 5.32 Å². The first-order chi connectivity index (χ1) is 11.1. The number of carbonyl (C=O) groups excluding carboxylic acids is 2. The molecule has 0 radical (unpaired) electrons. The lowest BCUT2D eigenvalue weighted by Gasteiger charge is -2.41. The molecule has 5 nitrogen and oxygen atoms in total. The van der Waals surface area contributed by atoms with Crippen molar-refractivity contribution in [3.05, 3.63) is 0 Å². The molecule has 0 aromatic rings. The van der Waals surface area contributed by atoms with Crippen LogP contribution in [0.5, 0.6) is 0 Å². The van der Waals surface area contributed by atoms with Crippen LogP contribution in [0.1, 0.15) is 51.4 Å². The van der Waals surface area contributed by atoms with Crippen LogP contribution in [0.3, 0.4) is 0 Å². The molecule has 1 saturated carbocycles. The third-order valence-electron chi connectivity index (χ3n) is 6.06. The van der Waals surface area contributed by atoms with Crippen LogP contribution >= 0.6 is 0 Å². The Balaban J connectivity index is 1.61. The number of rotatable bonds is 4. The smallest absolute Gasteiger partial charge is 0.236 e. The third-order valence-corrected chi connectivity index (χ3v) is 6.06. The molecule has 2 aliphatic heterocycles. The molecule has 3 rings (SSSR count). The highest BCUT2D eigenvalue weighted by Gasteiger charge is 2.49. The Hall–Kier alpha value is -1.10. The fraction of sp³-hybridized carbons (Fsp3) is 0.889. The van der Waals surface area contributed by atoms with E-state index in [2.05, 4.69) is 10.2 Å². The van der Waals surface area contributed by atoms with Crippen molar-refractivity contribution in [2.24, 2.45) is 11.3 Å². The molecule has 5 heteroatoms. The number of carbonyl (C=O) groups is 2. The summed E-state index contributed by atoms with van der Waals surface area (Å²) in [5.41, 5.74) is -0.281. The van der Waals surface area contributed by atoms with E-state index in [9.17, 15) is 9.59 Å². The predicted octanol–water partition coefficient (Wildman–Crippen LogP) is 1.63. The van der Waals surface area contributed by atoms with Gasteiger partial charge >= 0.3 is 0 Å². The molecule has 0 unspecified atom stereocenters. The average molecular weight is 321 g/mol. The number of hydrogen-bond donors (Lipinski definition) is 1. The van der Waals surface area contributed by atoms with Gasteiger partial charge in [0.15, 0.2) is 0 Å². The van der Waals surface area contributed by atoms with E-state index in [1.54, 1.807) is 7.05 Å². The van der Waals surface area contributed by atoms with Crippen molar-refractivity contribution in [1.29, 1.82) is 0 Å². The first-order valence-corrected chi connectivity index (χ1v) is 9.36. The molecule has 0 aromatic carbocycles. The number of likely N-dealkylation sites (N-methyl/N-ethyl adjacent to an activating group) is 1. The third kappa shape index (κ3) is 3.54. The zero-order valence-corrected chi connectivity index (χ0v) is 14.5. The maximum absolute atomic E-state index is 13.1. The summed E-state index contributed by atoms with van der Waals surface area (Å²) < 4.78 is 0. The van der Waals surface area contributed by atoms with Crippen LogP contribution in [0.2, 0.25) is 0 Å². The molecule has 2 amide bonds. The fourth-order valence-corrected chi connectivity index (χ4v) is 4.73. The molecule has 23 heavy (non-hydrogen) atoms. The largest absolute Gasteiger partial charge is 0.342 e. The van der Waals surface area contributed by atoms with Crippen molar-refractivity contribution in [2.75, 3.05) is 39.8 Å². The summed E-state index contributed by atoms with van der Waals surface area (Å²) in [5, 5.41) is 2.92. The van der Waals surface area contributed by atoms with Gasteiger partial charge in [-0.2, -0.15) is 0 Å². The normalized spacial score (nSPS) is 29.5. The molecule has 0 aromatic heterocycles. The molecule has 130 valence electrons. The highest BCUT2D eigenvalue weighted by Crippen LogP contribution is 2.40. The Morgan fingerprint density at radius 2 is 1.96 bits per heavy atom. The molecule has 2 saturated heterocycles. The quantitative estimate of drug-likeness (QED) is 0.856. The van der Waals surface area contributed by atoms with Crippen LogP contribution in [-0.4, -0.2) is 61.4 Å². The van der Waals surface area contributed by atoms with Gasteiger partial charge in [-0.1, -0.05) is 19.3 Å². The summed E-state index contributed by atoms with van der Waals surface area (Å²) in [6, 6.07) is 0. The van der Waals surface area contributed by atoms with Gasteiger partial charge in [0.05, 0.1) is 12.0 Å². The van der Waals surface area contributed by atoms with Crippen LogP contribution in [0.15, 0.2) is 0 Å². The molecule has 3 fully saturated rings. The monoisotopic (exact) mass is 321 g/mol. The van der Waals surface area contributed by atoms with E-state index in [-0.39, 0.29) is 11.3 Å². The lowest BCUT2D eigenvalue weighted by Crippen LogP contribution is -2.52. The van der Waals surface area contributed by atoms with Gasteiger partial charge in [0.1, 0.15) is 0 Å². The number of nitrogens with zero attached hydrogens (tertiary/aromatic N) is 2. The summed E-state index contributed by atoms with van der Waals surface area (Å²) in [5.74, 6) is 1.15. The summed E-state index contributed by atoms with van der Waals surface area (Å²) in [6.45, 7) is 3.61. The topological polar surface area (TPSA) is 52.7 Å². The van der Waals surface area contributed by atoms with Crippen LogP contribution in [0, 0.1) is 11.3 Å². The SMILES string of the molecule is CNCC(=O)N1CC[C@@]2(CCCN(CC3CCCCC3)C2=O)C1. The molecule has 1 spiro atoms. The van der Waals surface area contributed by atoms with Crippen LogP contribution in [0.4, 0.5) is 0 Å². The number of nitrogens with one attached hydrogen (secondary N) is 1. The molecular weight excluding hydrogens is 290 g/mol. The van der Waals surface area contributed by atoms with Crippen molar-refractivity contribution in [3.8, 4) is 0 Å². The van der Waals surface area contributed by atoms with E-state index in [0.717, 1.165) is 38.9 Å². The minimum atomic E-state index is -0.281. The molecule has 0 bridgehead atoms. The van der Waals surface area contributed by atoms with E-state index in [1.165, 1.54) is 32.1 Å². The second-order valence-corrected chi connectivity index (χ2v) is 7.73. The highest BCUT2D eigenvalue weighted by atomic mass is 16.2. The second kappa shape index (κ2) is 7.20.